The van der Waals surface area contributed by atoms with Gasteiger partial charge in [-0.05, 0) is 56.6 Å². The van der Waals surface area contributed by atoms with Gasteiger partial charge < -0.3 is 4.90 Å². The van der Waals surface area contributed by atoms with Gasteiger partial charge in [-0.2, -0.15) is 0 Å². The molecule has 4 rings (SSSR count). The largest absolute Gasteiger partial charge is 0.335 e. The first-order valence-corrected chi connectivity index (χ1v) is 10.1. The molecule has 6 heteroatoms. The highest BCUT2D eigenvalue weighted by Crippen LogP contribution is 2.28. The Kier molecular flexibility index (Phi) is 5.23. The van der Waals surface area contributed by atoms with Crippen molar-refractivity contribution in [3.8, 4) is 0 Å². The number of likely N-dealkylation sites (tertiary alicyclic amines) is 1. The van der Waals surface area contributed by atoms with Crippen molar-refractivity contribution in [1.29, 1.82) is 0 Å². The summed E-state index contributed by atoms with van der Waals surface area (Å²) >= 11 is 12.1. The summed E-state index contributed by atoms with van der Waals surface area (Å²) in [6.45, 7) is 6.41. The summed E-state index contributed by atoms with van der Waals surface area (Å²) in [6.07, 6.45) is 4.18. The number of hydrogen-bond donors (Lipinski definition) is 0. The molecule has 0 radical (unpaired) electrons. The van der Waals surface area contributed by atoms with Crippen LogP contribution in [0.3, 0.4) is 0 Å². The van der Waals surface area contributed by atoms with E-state index in [1.165, 1.54) is 38.9 Å². The summed E-state index contributed by atoms with van der Waals surface area (Å²) in [4.78, 5) is 20.3. The van der Waals surface area contributed by atoms with Crippen LogP contribution in [0.15, 0.2) is 18.2 Å². The predicted octanol–water partition coefficient (Wildman–Crippen LogP) is 2.92. The number of halogens is 2. The van der Waals surface area contributed by atoms with Gasteiger partial charge in [0.15, 0.2) is 0 Å². The summed E-state index contributed by atoms with van der Waals surface area (Å²) in [6, 6.07) is 6.35. The number of amides is 1. The molecule has 1 aromatic carbocycles. The van der Waals surface area contributed by atoms with Crippen molar-refractivity contribution < 1.29 is 4.79 Å². The number of carbonyl (C=O) groups excluding carboxylic acids is 1. The third kappa shape index (κ3) is 3.68. The van der Waals surface area contributed by atoms with Crippen LogP contribution >= 0.6 is 23.2 Å². The number of rotatable bonds is 3. The monoisotopic (exact) mass is 381 g/mol. The Morgan fingerprint density at radius 2 is 1.80 bits per heavy atom. The van der Waals surface area contributed by atoms with Crippen LogP contribution in [0.25, 0.3) is 0 Å². The van der Waals surface area contributed by atoms with Crippen LogP contribution in [0.5, 0.6) is 0 Å². The summed E-state index contributed by atoms with van der Waals surface area (Å²) < 4.78 is 0. The molecule has 2 bridgehead atoms. The van der Waals surface area contributed by atoms with Crippen molar-refractivity contribution in [2.24, 2.45) is 0 Å². The Morgan fingerprint density at radius 3 is 2.56 bits per heavy atom. The van der Waals surface area contributed by atoms with E-state index in [1.54, 1.807) is 6.07 Å². The van der Waals surface area contributed by atoms with Crippen LogP contribution in [0.4, 0.5) is 0 Å². The summed E-state index contributed by atoms with van der Waals surface area (Å²) in [5, 5.41) is 1.05. The molecule has 136 valence electrons. The van der Waals surface area contributed by atoms with E-state index in [2.05, 4.69) is 14.7 Å². The molecule has 3 aliphatic rings. The molecule has 1 unspecified atom stereocenters. The predicted molar refractivity (Wildman–Crippen MR) is 101 cm³/mol. The van der Waals surface area contributed by atoms with Crippen molar-refractivity contribution >= 4 is 29.1 Å². The molecular weight excluding hydrogens is 357 g/mol. The lowest BCUT2D eigenvalue weighted by molar-refractivity contribution is -0.139. The lowest BCUT2D eigenvalue weighted by atomic mass is 9.93. The van der Waals surface area contributed by atoms with Crippen molar-refractivity contribution in [2.75, 3.05) is 39.3 Å². The number of fused-ring (bicyclic) bond motifs is 2. The molecule has 0 spiro atoms. The molecule has 3 atom stereocenters. The Hall–Kier alpha value is -0.810. The fourth-order valence-corrected chi connectivity index (χ4v) is 4.96. The van der Waals surface area contributed by atoms with Crippen molar-refractivity contribution in [3.05, 3.63) is 33.8 Å². The van der Waals surface area contributed by atoms with Crippen LogP contribution in [0.1, 0.15) is 24.8 Å². The van der Waals surface area contributed by atoms with Gasteiger partial charge in [-0.1, -0.05) is 29.3 Å². The van der Waals surface area contributed by atoms with E-state index in [0.29, 0.717) is 28.5 Å². The minimum absolute atomic E-state index is 0.217. The molecule has 4 nitrogen and oxygen atoms in total. The highest BCUT2D eigenvalue weighted by Gasteiger charge is 2.41. The summed E-state index contributed by atoms with van der Waals surface area (Å²) in [7, 11) is 0. The molecule has 0 aromatic heterocycles. The minimum atomic E-state index is 0.217. The Morgan fingerprint density at radius 1 is 1.00 bits per heavy atom. The fourth-order valence-electron chi connectivity index (χ4n) is 4.64. The van der Waals surface area contributed by atoms with E-state index in [4.69, 9.17) is 23.2 Å². The molecule has 3 fully saturated rings. The Bertz CT molecular complexity index is 648. The Balaban J connectivity index is 1.49. The molecular formula is C19H25Cl2N3O. The molecule has 3 aliphatic heterocycles. The Labute approximate surface area is 159 Å². The average Bonchev–Trinajstić information content (AvgIpc) is 3.13. The van der Waals surface area contributed by atoms with E-state index < -0.39 is 0 Å². The van der Waals surface area contributed by atoms with E-state index in [0.717, 1.165) is 25.2 Å². The van der Waals surface area contributed by atoms with Crippen molar-refractivity contribution in [1.82, 2.24) is 14.7 Å². The number of nitrogens with zero attached hydrogens (tertiary/aromatic N) is 3. The van der Waals surface area contributed by atoms with Gasteiger partial charge in [-0.25, -0.2) is 0 Å². The van der Waals surface area contributed by atoms with Crippen LogP contribution < -0.4 is 0 Å². The minimum Gasteiger partial charge on any atom is -0.335 e. The van der Waals surface area contributed by atoms with E-state index in [9.17, 15) is 4.79 Å². The van der Waals surface area contributed by atoms with Crippen molar-refractivity contribution in [2.45, 2.75) is 37.8 Å². The molecule has 0 N–H and O–H groups in total. The molecule has 25 heavy (non-hydrogen) atoms. The van der Waals surface area contributed by atoms with Crippen LogP contribution in [0.2, 0.25) is 10.0 Å². The van der Waals surface area contributed by atoms with E-state index >= 15 is 0 Å². The SMILES string of the molecule is O=C(Cc1ccc(Cl)c(Cl)c1)N1CCN2CC[C@@H](N3CCCC3)[C@H]1C2. The summed E-state index contributed by atoms with van der Waals surface area (Å²) in [5.74, 6) is 0.217. The zero-order chi connectivity index (χ0) is 17.4. The third-order valence-corrected chi connectivity index (χ3v) is 6.70. The molecule has 0 saturated carbocycles. The number of piperidine rings is 1. The smallest absolute Gasteiger partial charge is 0.227 e. The van der Waals surface area contributed by atoms with E-state index in [-0.39, 0.29) is 5.91 Å². The van der Waals surface area contributed by atoms with E-state index in [1.807, 2.05) is 12.1 Å². The number of piperazine rings is 1. The number of hydrogen-bond acceptors (Lipinski definition) is 3. The first-order valence-electron chi connectivity index (χ1n) is 9.31. The molecule has 0 aliphatic carbocycles. The maximum absolute atomic E-state index is 13.0. The van der Waals surface area contributed by atoms with Crippen molar-refractivity contribution in [3.63, 3.8) is 0 Å². The average molecular weight is 382 g/mol. The summed E-state index contributed by atoms with van der Waals surface area (Å²) in [5.41, 5.74) is 0.940. The first kappa shape index (κ1) is 17.6. The zero-order valence-electron chi connectivity index (χ0n) is 14.5. The van der Waals surface area contributed by atoms with Gasteiger partial charge in [0.25, 0.3) is 0 Å². The van der Waals surface area contributed by atoms with Gasteiger partial charge in [-0.3, -0.25) is 14.6 Å². The molecule has 3 heterocycles. The van der Waals surface area contributed by atoms with Gasteiger partial charge in [0.2, 0.25) is 5.91 Å². The maximum Gasteiger partial charge on any atom is 0.227 e. The molecule has 1 aromatic rings. The normalized spacial score (nSPS) is 29.8. The first-order chi connectivity index (χ1) is 12.1. The van der Waals surface area contributed by atoms with Crippen LogP contribution in [0, 0.1) is 0 Å². The highest BCUT2D eigenvalue weighted by molar-refractivity contribution is 6.42. The second-order valence-electron chi connectivity index (χ2n) is 7.48. The molecule has 1 amide bonds. The topological polar surface area (TPSA) is 26.8 Å². The van der Waals surface area contributed by atoms with Gasteiger partial charge in [0, 0.05) is 25.7 Å². The van der Waals surface area contributed by atoms with Gasteiger partial charge in [-0.15, -0.1) is 0 Å². The quantitative estimate of drug-likeness (QED) is 0.805. The standard InChI is InChI=1S/C19H25Cl2N3O/c20-15-4-3-14(11-16(15)21)12-19(25)24-10-9-22-8-5-17(18(24)13-22)23-6-1-2-7-23/h3-4,11,17-18H,1-2,5-10,12-13H2/t17-,18-/m1/s1. The second kappa shape index (κ2) is 7.43. The van der Waals surface area contributed by atoms with Crippen LogP contribution in [-0.2, 0) is 11.2 Å². The zero-order valence-corrected chi connectivity index (χ0v) is 16.0. The second-order valence-corrected chi connectivity index (χ2v) is 8.29. The van der Waals surface area contributed by atoms with Gasteiger partial charge in [0.1, 0.15) is 0 Å². The van der Waals surface area contributed by atoms with Crippen LogP contribution in [-0.4, -0.2) is 72.0 Å². The van der Waals surface area contributed by atoms with Gasteiger partial charge in [0.05, 0.1) is 22.5 Å². The molecule has 3 saturated heterocycles. The highest BCUT2D eigenvalue weighted by atomic mass is 35.5. The number of carbonyl (C=O) groups is 1. The lowest BCUT2D eigenvalue weighted by Crippen LogP contribution is -2.66. The number of benzene rings is 1. The third-order valence-electron chi connectivity index (χ3n) is 5.96. The maximum atomic E-state index is 13.0. The lowest BCUT2D eigenvalue weighted by Gasteiger charge is -2.51. The van der Waals surface area contributed by atoms with Gasteiger partial charge >= 0.3 is 0 Å². The fraction of sp³-hybridized carbons (Fsp3) is 0.632.